The van der Waals surface area contributed by atoms with Crippen LogP contribution < -0.4 is 0 Å². The molecule has 26 heavy (non-hydrogen) atoms. The van der Waals surface area contributed by atoms with Crippen LogP contribution in [0.4, 0.5) is 4.39 Å². The van der Waals surface area contributed by atoms with Gasteiger partial charge in [0, 0.05) is 16.7 Å². The van der Waals surface area contributed by atoms with Crippen LogP contribution in [-0.4, -0.2) is 27.0 Å². The lowest BCUT2D eigenvalue weighted by Gasteiger charge is -2.32. The molecule has 1 aliphatic carbocycles. The number of nitrogens with zero attached hydrogens (tertiary/aromatic N) is 2. The molecule has 0 unspecified atom stereocenters. The molecule has 4 nitrogen and oxygen atoms in total. The second-order valence-corrected chi connectivity index (χ2v) is 7.73. The Bertz CT molecular complexity index is 1060. The largest absolute Gasteiger partial charge is 0.289 e. The van der Waals surface area contributed by atoms with Gasteiger partial charge in [-0.2, -0.15) is 0 Å². The number of hydrogen-bond donors (Lipinski definition) is 0. The maximum atomic E-state index is 14.7. The number of aliphatic imine (C=N–C) groups is 1. The fourth-order valence-corrected chi connectivity index (χ4v) is 4.73. The van der Waals surface area contributed by atoms with Gasteiger partial charge in [-0.25, -0.2) is 9.38 Å². The first-order chi connectivity index (χ1) is 12.6. The molecule has 1 fully saturated rings. The zero-order chi connectivity index (χ0) is 18.0. The maximum absolute atomic E-state index is 14.7. The third-order valence-electron chi connectivity index (χ3n) is 4.94. The highest BCUT2D eigenvalue weighted by atomic mass is 32.2. The number of halogens is 1. The number of fused-ring (bicyclic) bond motifs is 3. The predicted octanol–water partition coefficient (Wildman–Crippen LogP) is 3.81. The number of carbonyl (C=O) groups is 2. The first-order valence-electron chi connectivity index (χ1n) is 8.29. The van der Waals surface area contributed by atoms with E-state index >= 15 is 0 Å². The highest BCUT2D eigenvalue weighted by Crippen LogP contribution is 2.49. The third kappa shape index (κ3) is 1.93. The van der Waals surface area contributed by atoms with E-state index in [0.29, 0.717) is 27.6 Å². The van der Waals surface area contributed by atoms with Crippen molar-refractivity contribution in [3.63, 3.8) is 0 Å². The second kappa shape index (κ2) is 5.38. The van der Waals surface area contributed by atoms with Crippen molar-refractivity contribution >= 4 is 34.3 Å². The Morgan fingerprint density at radius 2 is 1.73 bits per heavy atom. The monoisotopic (exact) mass is 364 g/mol. The molecule has 1 saturated heterocycles. The molecule has 2 aliphatic heterocycles. The lowest BCUT2D eigenvalue weighted by Crippen LogP contribution is -2.39. The molecule has 2 aromatic rings. The van der Waals surface area contributed by atoms with E-state index in [0.717, 1.165) is 5.56 Å². The highest BCUT2D eigenvalue weighted by molar-refractivity contribution is 8.15. The molecule has 0 saturated carbocycles. The van der Waals surface area contributed by atoms with Gasteiger partial charge in [-0.15, -0.1) is 0 Å². The molecule has 1 amide bonds. The van der Waals surface area contributed by atoms with Crippen LogP contribution in [0.5, 0.6) is 0 Å². The van der Waals surface area contributed by atoms with Crippen LogP contribution in [0.3, 0.4) is 0 Å². The molecule has 2 aromatic carbocycles. The molecule has 2 atom stereocenters. The topological polar surface area (TPSA) is 49.7 Å². The molecule has 0 N–H and O–H groups in total. The van der Waals surface area contributed by atoms with Gasteiger partial charge in [0.25, 0.3) is 0 Å². The zero-order valence-corrected chi connectivity index (χ0v) is 14.6. The molecule has 0 spiro atoms. The Labute approximate surface area is 153 Å². The summed E-state index contributed by atoms with van der Waals surface area (Å²) in [7, 11) is 0. The minimum absolute atomic E-state index is 0.155. The van der Waals surface area contributed by atoms with Crippen molar-refractivity contribution in [2.45, 2.75) is 18.2 Å². The van der Waals surface area contributed by atoms with E-state index in [2.05, 4.69) is 4.99 Å². The number of thioether (sulfide) groups is 1. The van der Waals surface area contributed by atoms with E-state index in [1.807, 2.05) is 12.1 Å². The second-order valence-electron chi connectivity index (χ2n) is 6.42. The first-order valence-corrected chi connectivity index (χ1v) is 9.17. The first kappa shape index (κ1) is 15.5. The summed E-state index contributed by atoms with van der Waals surface area (Å²) in [5.74, 6) is -0.784. The Hall–Kier alpha value is -2.73. The van der Waals surface area contributed by atoms with Gasteiger partial charge >= 0.3 is 0 Å². The van der Waals surface area contributed by atoms with E-state index in [1.54, 1.807) is 37.3 Å². The van der Waals surface area contributed by atoms with Gasteiger partial charge in [0.2, 0.25) is 5.91 Å². The van der Waals surface area contributed by atoms with Gasteiger partial charge in [0.05, 0.1) is 22.6 Å². The van der Waals surface area contributed by atoms with E-state index in [1.165, 1.54) is 22.7 Å². The summed E-state index contributed by atoms with van der Waals surface area (Å²) in [6, 6.07) is 12.7. The van der Waals surface area contributed by atoms with Gasteiger partial charge in [-0.1, -0.05) is 54.2 Å². The minimum atomic E-state index is -0.788. The summed E-state index contributed by atoms with van der Waals surface area (Å²) in [6.07, 6.45) is 0. The van der Waals surface area contributed by atoms with E-state index in [-0.39, 0.29) is 16.9 Å². The van der Waals surface area contributed by atoms with E-state index < -0.39 is 11.9 Å². The molecule has 5 rings (SSSR count). The van der Waals surface area contributed by atoms with Crippen molar-refractivity contribution in [2.24, 2.45) is 4.99 Å². The van der Waals surface area contributed by atoms with Crippen molar-refractivity contribution in [1.29, 1.82) is 0 Å². The zero-order valence-electron chi connectivity index (χ0n) is 13.8. The number of amides is 1. The van der Waals surface area contributed by atoms with Crippen LogP contribution in [0, 0.1) is 5.82 Å². The number of ketones is 1. The van der Waals surface area contributed by atoms with Crippen molar-refractivity contribution in [2.75, 3.05) is 0 Å². The SMILES string of the molecule is C[C@H]1SC2=NC3=C(C(=O)c4ccccc43)[C@H](c3ccccc3F)N2C1=O. The number of hydrogen-bond acceptors (Lipinski definition) is 4. The molecule has 6 heteroatoms. The number of rotatable bonds is 1. The average Bonchev–Trinajstić information content (AvgIpc) is 3.09. The summed E-state index contributed by atoms with van der Waals surface area (Å²) in [6.45, 7) is 1.80. The van der Waals surface area contributed by atoms with Crippen LogP contribution in [-0.2, 0) is 4.79 Å². The van der Waals surface area contributed by atoms with E-state index in [9.17, 15) is 14.0 Å². The minimum Gasteiger partial charge on any atom is -0.289 e. The maximum Gasteiger partial charge on any atom is 0.242 e. The van der Waals surface area contributed by atoms with Gasteiger partial charge in [-0.3, -0.25) is 14.5 Å². The Kier molecular flexibility index (Phi) is 3.21. The molecule has 0 bridgehead atoms. The molecule has 0 aromatic heterocycles. The number of amidine groups is 1. The van der Waals surface area contributed by atoms with E-state index in [4.69, 9.17) is 0 Å². The Balaban J connectivity index is 1.79. The molecular weight excluding hydrogens is 351 g/mol. The summed E-state index contributed by atoms with van der Waals surface area (Å²) in [4.78, 5) is 32.0. The van der Waals surface area contributed by atoms with Gasteiger partial charge in [0.1, 0.15) is 5.82 Å². The third-order valence-corrected chi connectivity index (χ3v) is 5.99. The van der Waals surface area contributed by atoms with Crippen molar-refractivity contribution in [3.05, 3.63) is 76.6 Å². The molecule has 0 radical (unpaired) electrons. The molecule has 2 heterocycles. The standard InChI is InChI=1S/C20H13FN2O2S/c1-10-19(25)23-17(13-8-4-5-9-14(13)21)15-16(22-20(23)26-10)11-6-2-3-7-12(11)18(15)24/h2-10,17H,1H3/t10-,17+/m1/s1. The number of carbonyl (C=O) groups excluding carboxylic acids is 2. The lowest BCUT2D eigenvalue weighted by atomic mass is 9.92. The molecular formula is C20H13FN2O2S. The molecule has 128 valence electrons. The van der Waals surface area contributed by atoms with Crippen LogP contribution in [0.2, 0.25) is 0 Å². The van der Waals surface area contributed by atoms with Crippen LogP contribution in [0.25, 0.3) is 5.70 Å². The van der Waals surface area contributed by atoms with Crippen LogP contribution in [0.15, 0.2) is 59.1 Å². The smallest absolute Gasteiger partial charge is 0.242 e. The summed E-state index contributed by atoms with van der Waals surface area (Å²) < 4.78 is 14.7. The van der Waals surface area contributed by atoms with Crippen molar-refractivity contribution < 1.29 is 14.0 Å². The summed E-state index contributed by atoms with van der Waals surface area (Å²) in [5.41, 5.74) is 2.54. The predicted molar refractivity (Wildman–Crippen MR) is 98.2 cm³/mol. The van der Waals surface area contributed by atoms with Crippen LogP contribution >= 0.6 is 11.8 Å². The Morgan fingerprint density at radius 3 is 2.50 bits per heavy atom. The van der Waals surface area contributed by atoms with Crippen molar-refractivity contribution in [1.82, 2.24) is 4.90 Å². The van der Waals surface area contributed by atoms with Crippen LogP contribution in [0.1, 0.15) is 34.5 Å². The summed E-state index contributed by atoms with van der Waals surface area (Å²) in [5, 5.41) is 0.215. The normalized spacial score (nSPS) is 23.8. The fraction of sp³-hybridized carbons (Fsp3) is 0.150. The quantitative estimate of drug-likeness (QED) is 0.773. The van der Waals surface area contributed by atoms with Crippen molar-refractivity contribution in [3.8, 4) is 0 Å². The molecule has 3 aliphatic rings. The highest BCUT2D eigenvalue weighted by Gasteiger charge is 2.49. The van der Waals surface area contributed by atoms with Gasteiger partial charge in [-0.05, 0) is 13.0 Å². The fourth-order valence-electron chi connectivity index (χ4n) is 3.75. The Morgan fingerprint density at radius 1 is 1.04 bits per heavy atom. The average molecular weight is 364 g/mol. The summed E-state index contributed by atoms with van der Waals surface area (Å²) >= 11 is 1.35. The lowest BCUT2D eigenvalue weighted by molar-refractivity contribution is -0.127. The van der Waals surface area contributed by atoms with Gasteiger partial charge < -0.3 is 0 Å². The number of benzene rings is 2. The number of Topliss-reactive ketones (excluding diaryl/α,β-unsaturated/α-hetero) is 1. The van der Waals surface area contributed by atoms with Gasteiger partial charge in [0.15, 0.2) is 11.0 Å².